The zero-order valence-electron chi connectivity index (χ0n) is 21.0. The second-order valence-electron chi connectivity index (χ2n) is 11.8. The van der Waals surface area contributed by atoms with Gasteiger partial charge in [-0.15, -0.1) is 0 Å². The lowest BCUT2D eigenvalue weighted by Gasteiger charge is -2.57. The molecule has 1 aromatic heterocycles. The lowest BCUT2D eigenvalue weighted by molar-refractivity contribution is -0.148. The molecule has 2 aromatic rings. The molecule has 6 atom stereocenters. The maximum absolute atomic E-state index is 12.0. The third-order valence-electron chi connectivity index (χ3n) is 9.94. The number of ether oxygens (including phenoxy) is 1. The topological polar surface area (TPSA) is 102 Å². The van der Waals surface area contributed by atoms with E-state index in [1.807, 2.05) is 12.4 Å². The van der Waals surface area contributed by atoms with E-state index in [1.54, 1.807) is 0 Å². The number of aromatic nitrogens is 2. The summed E-state index contributed by atoms with van der Waals surface area (Å²) < 4.78 is 19.0. The molecule has 0 radical (unpaired) electrons. The Labute approximate surface area is 211 Å². The van der Waals surface area contributed by atoms with Gasteiger partial charge in [0.15, 0.2) is 0 Å². The van der Waals surface area contributed by atoms with Crippen LogP contribution in [-0.2, 0) is 14.1 Å². The predicted octanol–water partition coefficient (Wildman–Crippen LogP) is 5.54. The first-order chi connectivity index (χ1) is 17.1. The van der Waals surface area contributed by atoms with Crippen molar-refractivity contribution in [3.8, 4) is 0 Å². The Kier molecular flexibility index (Phi) is 5.64. The van der Waals surface area contributed by atoms with E-state index in [9.17, 15) is 9.36 Å². The molecular formula is C28H35N2O5P. The Balaban J connectivity index is 1.22. The molecule has 0 bridgehead atoms. The number of benzene rings is 1. The molecule has 0 spiro atoms. The summed E-state index contributed by atoms with van der Waals surface area (Å²) in [6.45, 7) is 4.86. The number of carbonyl (C=O) groups excluding carboxylic acids is 1. The molecule has 4 aliphatic rings. The summed E-state index contributed by atoms with van der Waals surface area (Å²) in [4.78, 5) is 34.9. The smallest absolute Gasteiger partial charge is 0.336 e. The van der Waals surface area contributed by atoms with E-state index >= 15 is 0 Å². The molecule has 0 aliphatic heterocycles. The molecule has 8 heteroatoms. The van der Waals surface area contributed by atoms with Gasteiger partial charge in [-0.2, -0.15) is 0 Å². The number of allylic oxidation sites excluding steroid dienone is 3. The second kappa shape index (κ2) is 8.41. The molecule has 6 rings (SSSR count). The molecule has 6 unspecified atom stereocenters. The van der Waals surface area contributed by atoms with Crippen molar-refractivity contribution < 1.29 is 23.9 Å². The Morgan fingerprint density at radius 1 is 1.11 bits per heavy atom. The van der Waals surface area contributed by atoms with Crippen LogP contribution in [0.25, 0.3) is 16.7 Å². The van der Waals surface area contributed by atoms with Crippen LogP contribution in [0.3, 0.4) is 0 Å². The van der Waals surface area contributed by atoms with Crippen molar-refractivity contribution in [1.82, 2.24) is 9.55 Å². The van der Waals surface area contributed by atoms with Crippen molar-refractivity contribution in [2.45, 2.75) is 64.9 Å². The summed E-state index contributed by atoms with van der Waals surface area (Å²) >= 11 is 0. The van der Waals surface area contributed by atoms with Crippen LogP contribution in [0.5, 0.6) is 0 Å². The van der Waals surface area contributed by atoms with Gasteiger partial charge in [-0.3, -0.25) is 9.36 Å². The van der Waals surface area contributed by atoms with Crippen LogP contribution in [-0.4, -0.2) is 37.6 Å². The number of hydrogen-bond donors (Lipinski definition) is 2. The van der Waals surface area contributed by atoms with Crippen molar-refractivity contribution in [2.24, 2.45) is 28.6 Å². The van der Waals surface area contributed by atoms with E-state index in [-0.39, 0.29) is 16.9 Å². The monoisotopic (exact) mass is 510 g/mol. The van der Waals surface area contributed by atoms with Gasteiger partial charge in [0, 0.05) is 17.5 Å². The number of fused-ring (bicyclic) bond motifs is 6. The number of rotatable bonds is 4. The number of esters is 1. The molecule has 7 nitrogen and oxygen atoms in total. The van der Waals surface area contributed by atoms with E-state index in [1.165, 1.54) is 23.2 Å². The van der Waals surface area contributed by atoms with E-state index in [0.717, 1.165) is 37.6 Å². The van der Waals surface area contributed by atoms with Crippen LogP contribution in [0.4, 0.5) is 0 Å². The van der Waals surface area contributed by atoms with Gasteiger partial charge in [-0.25, -0.2) is 4.98 Å². The van der Waals surface area contributed by atoms with Gasteiger partial charge >= 0.3 is 13.6 Å². The number of hydrogen-bond acceptors (Lipinski definition) is 4. The molecule has 1 aromatic carbocycles. The first kappa shape index (κ1) is 24.1. The first-order valence-corrected chi connectivity index (χ1v) is 14.9. The molecule has 4 aliphatic carbocycles. The first-order valence-electron chi connectivity index (χ1n) is 13.2. The normalized spacial score (nSPS) is 35.9. The van der Waals surface area contributed by atoms with Gasteiger partial charge in [-0.05, 0) is 73.8 Å². The van der Waals surface area contributed by atoms with Gasteiger partial charge in [0.25, 0.3) is 0 Å². The molecule has 2 N–H and O–H groups in total. The second-order valence-corrected chi connectivity index (χ2v) is 13.5. The maximum Gasteiger partial charge on any atom is 0.336 e. The summed E-state index contributed by atoms with van der Waals surface area (Å²) in [7, 11) is -4.41. The van der Waals surface area contributed by atoms with Crippen molar-refractivity contribution in [3.63, 3.8) is 0 Å². The fourth-order valence-corrected chi connectivity index (χ4v) is 8.60. The van der Waals surface area contributed by atoms with E-state index in [0.29, 0.717) is 24.2 Å². The van der Waals surface area contributed by atoms with Crippen LogP contribution < -0.4 is 0 Å². The van der Waals surface area contributed by atoms with Crippen molar-refractivity contribution >= 4 is 30.3 Å². The van der Waals surface area contributed by atoms with E-state index in [4.69, 9.17) is 14.5 Å². The quantitative estimate of drug-likeness (QED) is 0.318. The summed E-state index contributed by atoms with van der Waals surface area (Å²) in [5, 5.41) is 0. The Hall–Kier alpha value is -2.21. The highest BCUT2D eigenvalue weighted by Crippen LogP contribution is 2.65. The van der Waals surface area contributed by atoms with Crippen molar-refractivity contribution in [3.05, 3.63) is 48.3 Å². The molecule has 192 valence electrons. The standard InChI is InChI=1S/C28H35N2O5P/c1-27-13-11-19(35-26(31)16-36(32,33)34)15-18(27)7-8-20-21-9-10-25(28(21,2)14-12-22(20)27)30-17-29-23-5-3-4-6-24(23)30/h3-7,10,17,19-22H,8-9,11-16H2,1-2H3,(H2,32,33,34). The number of imidazole rings is 1. The zero-order chi connectivity index (χ0) is 25.3. The lowest BCUT2D eigenvalue weighted by Crippen LogP contribution is -2.50. The highest BCUT2D eigenvalue weighted by atomic mass is 31.2. The Morgan fingerprint density at radius 3 is 2.69 bits per heavy atom. The minimum absolute atomic E-state index is 0.0981. The third kappa shape index (κ3) is 3.82. The molecule has 2 fully saturated rings. The highest BCUT2D eigenvalue weighted by Gasteiger charge is 2.57. The predicted molar refractivity (Wildman–Crippen MR) is 138 cm³/mol. The van der Waals surface area contributed by atoms with Gasteiger partial charge in [0.1, 0.15) is 18.6 Å². The molecular weight excluding hydrogens is 475 g/mol. The molecule has 0 saturated heterocycles. The molecule has 1 heterocycles. The van der Waals surface area contributed by atoms with Gasteiger partial charge in [0.2, 0.25) is 0 Å². The molecule has 2 saturated carbocycles. The largest absolute Gasteiger partial charge is 0.462 e. The summed E-state index contributed by atoms with van der Waals surface area (Å²) in [5.41, 5.74) is 5.22. The van der Waals surface area contributed by atoms with Crippen LogP contribution >= 0.6 is 7.60 Å². The highest BCUT2D eigenvalue weighted by molar-refractivity contribution is 7.52. The van der Waals surface area contributed by atoms with Gasteiger partial charge in [0.05, 0.1) is 11.0 Å². The van der Waals surface area contributed by atoms with Gasteiger partial charge < -0.3 is 19.1 Å². The van der Waals surface area contributed by atoms with Crippen LogP contribution in [0.1, 0.15) is 58.8 Å². The van der Waals surface area contributed by atoms with E-state index in [2.05, 4.69) is 53.7 Å². The summed E-state index contributed by atoms with van der Waals surface area (Å²) in [6, 6.07) is 8.36. The number of nitrogens with zero attached hydrogens (tertiary/aromatic N) is 2. The van der Waals surface area contributed by atoms with E-state index < -0.39 is 19.7 Å². The van der Waals surface area contributed by atoms with Crippen LogP contribution in [0, 0.1) is 28.6 Å². The van der Waals surface area contributed by atoms with Gasteiger partial charge in [-0.1, -0.05) is 43.7 Å². The maximum atomic E-state index is 12.0. The Bertz CT molecular complexity index is 1320. The summed E-state index contributed by atoms with van der Waals surface area (Å²) in [5.74, 6) is 1.03. The number of carbonyl (C=O) groups is 1. The fourth-order valence-electron chi connectivity index (χ4n) is 8.19. The minimum atomic E-state index is -4.41. The fraction of sp³-hybridized carbons (Fsp3) is 0.571. The molecule has 0 amide bonds. The average Bonchev–Trinajstić information content (AvgIpc) is 3.38. The number of para-hydroxylation sites is 2. The minimum Gasteiger partial charge on any atom is -0.462 e. The third-order valence-corrected chi connectivity index (χ3v) is 10.6. The SMILES string of the molecule is CC12CCC(OC(=O)CP(=O)(O)O)CC1=CCC1C2CCC2(C)C(n3cnc4ccccc43)=CCC12. The lowest BCUT2D eigenvalue weighted by atomic mass is 9.47. The summed E-state index contributed by atoms with van der Waals surface area (Å²) in [6.07, 6.45) is 12.6. The molecule has 36 heavy (non-hydrogen) atoms. The zero-order valence-corrected chi connectivity index (χ0v) is 21.9. The van der Waals surface area contributed by atoms with Crippen LogP contribution in [0.15, 0.2) is 48.3 Å². The average molecular weight is 511 g/mol. The van der Waals surface area contributed by atoms with Crippen molar-refractivity contribution in [2.75, 3.05) is 6.16 Å². The van der Waals surface area contributed by atoms with Crippen molar-refractivity contribution in [1.29, 1.82) is 0 Å². The van der Waals surface area contributed by atoms with Crippen LogP contribution in [0.2, 0.25) is 0 Å². The Morgan fingerprint density at radius 2 is 1.89 bits per heavy atom.